The largest absolute Gasteiger partial charge is 0.370 e. The van der Waals surface area contributed by atoms with E-state index in [0.29, 0.717) is 12.5 Å². The number of hydrogen-bond donors (Lipinski definition) is 2. The SMILES string of the molecule is CCNC1(CC(N)=O)CCN(C)C(C)C1. The lowest BCUT2D eigenvalue weighted by Gasteiger charge is -2.44. The van der Waals surface area contributed by atoms with Crippen LogP contribution in [0.5, 0.6) is 0 Å². The highest BCUT2D eigenvalue weighted by Gasteiger charge is 2.37. The minimum Gasteiger partial charge on any atom is -0.370 e. The third-order valence-corrected chi connectivity index (χ3v) is 3.45. The van der Waals surface area contributed by atoms with E-state index in [2.05, 4.69) is 31.1 Å². The van der Waals surface area contributed by atoms with Crippen LogP contribution in [0.1, 0.15) is 33.1 Å². The van der Waals surface area contributed by atoms with E-state index < -0.39 is 0 Å². The summed E-state index contributed by atoms with van der Waals surface area (Å²) < 4.78 is 0. The number of likely N-dealkylation sites (tertiary alicyclic amines) is 1. The van der Waals surface area contributed by atoms with E-state index in [1.165, 1.54) is 0 Å². The number of hydrogen-bond acceptors (Lipinski definition) is 3. The molecule has 0 aromatic rings. The van der Waals surface area contributed by atoms with Crippen LogP contribution in [-0.2, 0) is 4.79 Å². The number of rotatable bonds is 4. The van der Waals surface area contributed by atoms with Crippen LogP contribution < -0.4 is 11.1 Å². The van der Waals surface area contributed by atoms with Gasteiger partial charge >= 0.3 is 0 Å². The lowest BCUT2D eigenvalue weighted by molar-refractivity contribution is -0.120. The van der Waals surface area contributed by atoms with Gasteiger partial charge in [0.25, 0.3) is 0 Å². The van der Waals surface area contributed by atoms with Gasteiger partial charge < -0.3 is 16.0 Å². The summed E-state index contributed by atoms with van der Waals surface area (Å²) in [5.41, 5.74) is 5.26. The summed E-state index contributed by atoms with van der Waals surface area (Å²) in [4.78, 5) is 13.4. The molecule has 0 aromatic carbocycles. The van der Waals surface area contributed by atoms with Gasteiger partial charge in [0, 0.05) is 18.0 Å². The van der Waals surface area contributed by atoms with E-state index in [1.54, 1.807) is 0 Å². The zero-order valence-corrected chi connectivity index (χ0v) is 10.0. The molecule has 0 radical (unpaired) electrons. The average molecular weight is 213 g/mol. The molecule has 0 aliphatic carbocycles. The number of amides is 1. The second-order valence-electron chi connectivity index (χ2n) is 4.74. The van der Waals surface area contributed by atoms with Crippen molar-refractivity contribution < 1.29 is 4.79 Å². The first-order valence-electron chi connectivity index (χ1n) is 5.72. The maximum absolute atomic E-state index is 11.1. The zero-order chi connectivity index (χ0) is 11.5. The molecule has 15 heavy (non-hydrogen) atoms. The fourth-order valence-electron chi connectivity index (χ4n) is 2.53. The Bertz CT molecular complexity index is 232. The van der Waals surface area contributed by atoms with E-state index in [-0.39, 0.29) is 11.4 Å². The van der Waals surface area contributed by atoms with Gasteiger partial charge in [-0.1, -0.05) is 6.92 Å². The van der Waals surface area contributed by atoms with Crippen LogP contribution in [0.25, 0.3) is 0 Å². The van der Waals surface area contributed by atoms with Gasteiger partial charge in [-0.15, -0.1) is 0 Å². The normalized spacial score (nSPS) is 32.9. The van der Waals surface area contributed by atoms with Crippen molar-refractivity contribution in [3.8, 4) is 0 Å². The van der Waals surface area contributed by atoms with Gasteiger partial charge in [0.15, 0.2) is 0 Å². The molecule has 1 aliphatic heterocycles. The predicted molar refractivity (Wildman–Crippen MR) is 61.5 cm³/mol. The number of primary amides is 1. The monoisotopic (exact) mass is 213 g/mol. The minimum atomic E-state index is -0.201. The first-order valence-corrected chi connectivity index (χ1v) is 5.72. The Hall–Kier alpha value is -0.610. The Kier molecular flexibility index (Phi) is 4.11. The summed E-state index contributed by atoms with van der Waals surface area (Å²) in [6.07, 6.45) is 2.46. The van der Waals surface area contributed by atoms with Crippen molar-refractivity contribution in [2.45, 2.75) is 44.7 Å². The van der Waals surface area contributed by atoms with Gasteiger partial charge in [0.1, 0.15) is 0 Å². The van der Waals surface area contributed by atoms with Gasteiger partial charge in [-0.2, -0.15) is 0 Å². The molecule has 3 N–H and O–H groups in total. The molecule has 0 saturated carbocycles. The standard InChI is InChI=1S/C11H23N3O/c1-4-13-11(8-10(12)15)5-6-14(3)9(2)7-11/h9,13H,4-8H2,1-3H3,(H2,12,15). The highest BCUT2D eigenvalue weighted by molar-refractivity contribution is 5.75. The fraction of sp³-hybridized carbons (Fsp3) is 0.909. The molecule has 1 heterocycles. The van der Waals surface area contributed by atoms with Crippen molar-refractivity contribution >= 4 is 5.91 Å². The zero-order valence-electron chi connectivity index (χ0n) is 10.0. The Morgan fingerprint density at radius 1 is 1.67 bits per heavy atom. The van der Waals surface area contributed by atoms with Crippen molar-refractivity contribution in [1.29, 1.82) is 0 Å². The molecule has 4 nitrogen and oxygen atoms in total. The predicted octanol–water partition coefficient (Wildman–Crippen LogP) is 0.324. The van der Waals surface area contributed by atoms with E-state index in [4.69, 9.17) is 5.73 Å². The van der Waals surface area contributed by atoms with Crippen LogP contribution in [0, 0.1) is 0 Å². The first kappa shape index (κ1) is 12.5. The van der Waals surface area contributed by atoms with Crippen LogP contribution in [0.4, 0.5) is 0 Å². The Labute approximate surface area is 92.2 Å². The Balaban J connectivity index is 2.69. The highest BCUT2D eigenvalue weighted by Crippen LogP contribution is 2.28. The molecule has 1 aliphatic rings. The summed E-state index contributed by atoms with van der Waals surface area (Å²) in [5, 5.41) is 3.45. The van der Waals surface area contributed by atoms with Gasteiger partial charge in [-0.25, -0.2) is 0 Å². The van der Waals surface area contributed by atoms with Crippen molar-refractivity contribution in [3.63, 3.8) is 0 Å². The van der Waals surface area contributed by atoms with Gasteiger partial charge in [-0.05, 0) is 39.9 Å². The quantitative estimate of drug-likeness (QED) is 0.707. The van der Waals surface area contributed by atoms with Crippen LogP contribution in [-0.4, -0.2) is 42.5 Å². The van der Waals surface area contributed by atoms with Crippen LogP contribution in [0.3, 0.4) is 0 Å². The molecule has 0 bridgehead atoms. The number of piperidine rings is 1. The smallest absolute Gasteiger partial charge is 0.219 e. The summed E-state index contributed by atoms with van der Waals surface area (Å²) >= 11 is 0. The maximum Gasteiger partial charge on any atom is 0.219 e. The van der Waals surface area contributed by atoms with Crippen molar-refractivity contribution in [3.05, 3.63) is 0 Å². The first-order chi connectivity index (χ1) is 6.99. The molecular weight excluding hydrogens is 190 g/mol. The molecule has 2 atom stereocenters. The molecule has 0 aromatic heterocycles. The molecule has 2 unspecified atom stereocenters. The summed E-state index contributed by atoms with van der Waals surface area (Å²) in [6.45, 7) is 6.20. The maximum atomic E-state index is 11.1. The number of carbonyl (C=O) groups excluding carboxylic acids is 1. The molecule has 88 valence electrons. The summed E-state index contributed by atoms with van der Waals surface area (Å²) in [7, 11) is 2.13. The fourth-order valence-corrected chi connectivity index (χ4v) is 2.53. The van der Waals surface area contributed by atoms with Crippen molar-refractivity contribution in [2.24, 2.45) is 5.73 Å². The van der Waals surface area contributed by atoms with Crippen LogP contribution in [0.15, 0.2) is 0 Å². The molecule has 1 fully saturated rings. The third-order valence-electron chi connectivity index (χ3n) is 3.45. The second-order valence-corrected chi connectivity index (χ2v) is 4.74. The molecule has 1 rings (SSSR count). The van der Waals surface area contributed by atoms with Crippen LogP contribution >= 0.6 is 0 Å². The average Bonchev–Trinajstić information content (AvgIpc) is 2.11. The molecule has 1 amide bonds. The molecule has 0 spiro atoms. The third kappa shape index (κ3) is 3.18. The lowest BCUT2D eigenvalue weighted by Crippen LogP contribution is -2.57. The molecule has 1 saturated heterocycles. The number of nitrogens with one attached hydrogen (secondary N) is 1. The topological polar surface area (TPSA) is 58.4 Å². The minimum absolute atomic E-state index is 0.0630. The number of nitrogens with two attached hydrogens (primary N) is 1. The van der Waals surface area contributed by atoms with Gasteiger partial charge in [-0.3, -0.25) is 4.79 Å². The number of carbonyl (C=O) groups is 1. The van der Waals surface area contributed by atoms with Gasteiger partial charge in [0.2, 0.25) is 5.91 Å². The highest BCUT2D eigenvalue weighted by atomic mass is 16.1. The second kappa shape index (κ2) is 4.94. The summed E-state index contributed by atoms with van der Waals surface area (Å²) in [6, 6.07) is 0.511. The van der Waals surface area contributed by atoms with Crippen molar-refractivity contribution in [2.75, 3.05) is 20.1 Å². The van der Waals surface area contributed by atoms with E-state index in [0.717, 1.165) is 25.9 Å². The Morgan fingerprint density at radius 3 is 2.80 bits per heavy atom. The van der Waals surface area contributed by atoms with Crippen molar-refractivity contribution in [1.82, 2.24) is 10.2 Å². The van der Waals surface area contributed by atoms with E-state index in [9.17, 15) is 4.79 Å². The van der Waals surface area contributed by atoms with Crippen LogP contribution in [0.2, 0.25) is 0 Å². The Morgan fingerprint density at radius 2 is 2.33 bits per heavy atom. The molecule has 4 heteroatoms. The van der Waals surface area contributed by atoms with E-state index >= 15 is 0 Å². The summed E-state index contributed by atoms with van der Waals surface area (Å²) in [5.74, 6) is -0.201. The lowest BCUT2D eigenvalue weighted by atomic mass is 9.81. The van der Waals surface area contributed by atoms with E-state index in [1.807, 2.05) is 0 Å². The molecular formula is C11H23N3O. The van der Waals surface area contributed by atoms with Gasteiger partial charge in [0.05, 0.1) is 0 Å². The number of nitrogens with zero attached hydrogens (tertiary/aromatic N) is 1.